The van der Waals surface area contributed by atoms with E-state index in [4.69, 9.17) is 0 Å². The van der Waals surface area contributed by atoms with Gasteiger partial charge in [0.25, 0.3) is 0 Å². The molecule has 0 saturated carbocycles. The van der Waals surface area contributed by atoms with Gasteiger partial charge in [0.1, 0.15) is 6.04 Å². The molecule has 0 aliphatic heterocycles. The van der Waals surface area contributed by atoms with Gasteiger partial charge in [-0.15, -0.1) is 0 Å². The van der Waals surface area contributed by atoms with Crippen molar-refractivity contribution >= 4 is 11.8 Å². The van der Waals surface area contributed by atoms with Crippen LogP contribution in [0.15, 0.2) is 30.3 Å². The predicted molar refractivity (Wildman–Crippen MR) is 81.6 cm³/mol. The van der Waals surface area contributed by atoms with E-state index >= 15 is 0 Å². The number of benzene rings is 1. The van der Waals surface area contributed by atoms with E-state index in [9.17, 15) is 14.7 Å². The van der Waals surface area contributed by atoms with Gasteiger partial charge in [-0.3, -0.25) is 9.59 Å². The van der Waals surface area contributed by atoms with Gasteiger partial charge in [-0.25, -0.2) is 0 Å². The fourth-order valence-electron chi connectivity index (χ4n) is 1.90. The molecular formula is C16H24N2O3. The van der Waals surface area contributed by atoms with Crippen LogP contribution in [0, 0.1) is 5.92 Å². The highest BCUT2D eigenvalue weighted by Crippen LogP contribution is 2.04. The van der Waals surface area contributed by atoms with Gasteiger partial charge in [-0.1, -0.05) is 44.2 Å². The smallest absolute Gasteiger partial charge is 0.242 e. The molecule has 1 aromatic rings. The highest BCUT2D eigenvalue weighted by Gasteiger charge is 2.24. The zero-order valence-corrected chi connectivity index (χ0v) is 12.8. The summed E-state index contributed by atoms with van der Waals surface area (Å²) in [6.07, 6.45) is -0.366. The van der Waals surface area contributed by atoms with Crippen LogP contribution in [-0.2, 0) is 16.0 Å². The fourth-order valence-corrected chi connectivity index (χ4v) is 1.90. The number of amides is 2. The zero-order valence-electron chi connectivity index (χ0n) is 12.8. The summed E-state index contributed by atoms with van der Waals surface area (Å²) in [4.78, 5) is 24.1. The van der Waals surface area contributed by atoms with Gasteiger partial charge < -0.3 is 15.7 Å². The molecule has 0 aliphatic carbocycles. The average Bonchev–Trinajstić information content (AvgIpc) is 2.43. The van der Waals surface area contributed by atoms with E-state index in [2.05, 4.69) is 10.6 Å². The lowest BCUT2D eigenvalue weighted by Gasteiger charge is -2.22. The molecule has 5 heteroatoms. The van der Waals surface area contributed by atoms with Gasteiger partial charge >= 0.3 is 0 Å². The molecule has 0 heterocycles. The molecule has 1 aromatic carbocycles. The molecule has 116 valence electrons. The molecule has 0 aromatic heterocycles. The van der Waals surface area contributed by atoms with Crippen LogP contribution in [0.5, 0.6) is 0 Å². The molecule has 0 fully saturated rings. The van der Waals surface area contributed by atoms with Crippen molar-refractivity contribution in [3.8, 4) is 0 Å². The molecule has 2 atom stereocenters. The Balaban J connectivity index is 2.57. The average molecular weight is 292 g/mol. The lowest BCUT2D eigenvalue weighted by atomic mass is 10.0. The summed E-state index contributed by atoms with van der Waals surface area (Å²) in [5.41, 5.74) is 0.905. The molecule has 21 heavy (non-hydrogen) atoms. The second-order valence-corrected chi connectivity index (χ2v) is 5.55. The predicted octanol–water partition coefficient (Wildman–Crippen LogP) is 0.867. The van der Waals surface area contributed by atoms with Crippen molar-refractivity contribution in [3.05, 3.63) is 35.9 Å². The third kappa shape index (κ3) is 6.40. The first kappa shape index (κ1) is 17.2. The second kappa shape index (κ2) is 8.42. The Morgan fingerprint density at radius 1 is 1.14 bits per heavy atom. The topological polar surface area (TPSA) is 78.4 Å². The van der Waals surface area contributed by atoms with Gasteiger partial charge in [0, 0.05) is 6.54 Å². The zero-order chi connectivity index (χ0) is 15.8. The van der Waals surface area contributed by atoms with E-state index in [1.165, 1.54) is 0 Å². The number of nitrogens with one attached hydrogen (secondary N) is 2. The molecule has 5 nitrogen and oxygen atoms in total. The van der Waals surface area contributed by atoms with E-state index in [1.54, 1.807) is 6.92 Å². The van der Waals surface area contributed by atoms with Crippen LogP contribution in [0.3, 0.4) is 0 Å². The van der Waals surface area contributed by atoms with E-state index in [1.807, 2.05) is 44.2 Å². The number of hydrogen-bond donors (Lipinski definition) is 3. The number of aliphatic hydroxyl groups is 1. The van der Waals surface area contributed by atoms with Gasteiger partial charge in [0.05, 0.1) is 12.5 Å². The number of hydrogen-bond acceptors (Lipinski definition) is 3. The molecule has 1 rings (SSSR count). The van der Waals surface area contributed by atoms with Crippen LogP contribution in [0.1, 0.15) is 26.3 Å². The number of rotatable bonds is 7. The van der Waals surface area contributed by atoms with Crippen molar-refractivity contribution in [1.82, 2.24) is 10.6 Å². The molecular weight excluding hydrogens is 268 g/mol. The van der Waals surface area contributed by atoms with Gasteiger partial charge in [-0.05, 0) is 18.4 Å². The normalized spacial score (nSPS) is 13.6. The lowest BCUT2D eigenvalue weighted by Crippen LogP contribution is -2.51. The summed E-state index contributed by atoms with van der Waals surface area (Å²) in [6, 6.07) is 8.78. The SMILES string of the molecule is CC(C)[C@H](NC(=O)Cc1ccccc1)C(=O)NC[C@@H](C)O. The van der Waals surface area contributed by atoms with Crippen molar-refractivity contribution in [3.63, 3.8) is 0 Å². The Bertz CT molecular complexity index is 458. The van der Waals surface area contributed by atoms with Crippen LogP contribution in [-0.4, -0.2) is 35.6 Å². The first-order valence-corrected chi connectivity index (χ1v) is 7.19. The maximum atomic E-state index is 12.0. The van der Waals surface area contributed by atoms with Crippen LogP contribution >= 0.6 is 0 Å². The molecule has 3 N–H and O–H groups in total. The van der Waals surface area contributed by atoms with E-state index in [0.717, 1.165) is 5.56 Å². The van der Waals surface area contributed by atoms with Crippen LogP contribution in [0.2, 0.25) is 0 Å². The summed E-state index contributed by atoms with van der Waals surface area (Å²) < 4.78 is 0. The highest BCUT2D eigenvalue weighted by molar-refractivity contribution is 5.88. The largest absolute Gasteiger partial charge is 0.392 e. The Morgan fingerprint density at radius 2 is 1.76 bits per heavy atom. The first-order chi connectivity index (χ1) is 9.90. The lowest BCUT2D eigenvalue weighted by molar-refractivity contribution is -0.130. The van der Waals surface area contributed by atoms with Gasteiger partial charge in [-0.2, -0.15) is 0 Å². The maximum Gasteiger partial charge on any atom is 0.242 e. The maximum absolute atomic E-state index is 12.0. The summed E-state index contributed by atoms with van der Waals surface area (Å²) in [5, 5.41) is 14.6. The molecule has 0 radical (unpaired) electrons. The first-order valence-electron chi connectivity index (χ1n) is 7.19. The van der Waals surface area contributed by atoms with Crippen LogP contribution in [0.4, 0.5) is 0 Å². The molecule has 0 spiro atoms. The second-order valence-electron chi connectivity index (χ2n) is 5.55. The number of carbonyl (C=O) groups is 2. The summed E-state index contributed by atoms with van der Waals surface area (Å²) >= 11 is 0. The minimum atomic E-state index is -0.609. The Labute approximate surface area is 125 Å². The van der Waals surface area contributed by atoms with E-state index in [-0.39, 0.29) is 30.7 Å². The van der Waals surface area contributed by atoms with Crippen LogP contribution < -0.4 is 10.6 Å². The standard InChI is InChI=1S/C16H24N2O3/c1-11(2)15(16(21)17-10-12(3)19)18-14(20)9-13-7-5-4-6-8-13/h4-8,11-12,15,19H,9-10H2,1-3H3,(H,17,21)(H,18,20)/t12-,15+/m1/s1. The molecule has 0 unspecified atom stereocenters. The van der Waals surface area contributed by atoms with Gasteiger partial charge in [0.2, 0.25) is 11.8 Å². The van der Waals surface area contributed by atoms with Crippen molar-refractivity contribution < 1.29 is 14.7 Å². The molecule has 0 saturated heterocycles. The molecule has 0 aliphatic rings. The monoisotopic (exact) mass is 292 g/mol. The highest BCUT2D eigenvalue weighted by atomic mass is 16.3. The number of aliphatic hydroxyl groups excluding tert-OH is 1. The quantitative estimate of drug-likeness (QED) is 0.697. The Kier molecular flexibility index (Phi) is 6.88. The van der Waals surface area contributed by atoms with Crippen molar-refractivity contribution in [2.24, 2.45) is 5.92 Å². The van der Waals surface area contributed by atoms with E-state index < -0.39 is 12.1 Å². The van der Waals surface area contributed by atoms with E-state index in [0.29, 0.717) is 0 Å². The summed E-state index contributed by atoms with van der Waals surface area (Å²) in [5.74, 6) is -0.488. The van der Waals surface area contributed by atoms with Crippen molar-refractivity contribution in [2.75, 3.05) is 6.54 Å². The minimum absolute atomic E-state index is 0.0290. The third-order valence-electron chi connectivity index (χ3n) is 3.04. The van der Waals surface area contributed by atoms with Crippen LogP contribution in [0.25, 0.3) is 0 Å². The third-order valence-corrected chi connectivity index (χ3v) is 3.04. The number of carbonyl (C=O) groups excluding carboxylic acids is 2. The van der Waals surface area contributed by atoms with Crippen molar-refractivity contribution in [1.29, 1.82) is 0 Å². The summed E-state index contributed by atoms with van der Waals surface area (Å²) in [6.45, 7) is 5.51. The minimum Gasteiger partial charge on any atom is -0.392 e. The Hall–Kier alpha value is -1.88. The van der Waals surface area contributed by atoms with Gasteiger partial charge in [0.15, 0.2) is 0 Å². The molecule has 2 amide bonds. The molecule has 0 bridgehead atoms. The summed E-state index contributed by atoms with van der Waals surface area (Å²) in [7, 11) is 0. The fraction of sp³-hybridized carbons (Fsp3) is 0.500. The van der Waals surface area contributed by atoms with Crippen molar-refractivity contribution in [2.45, 2.75) is 39.3 Å². The Morgan fingerprint density at radius 3 is 2.29 bits per heavy atom.